The first-order chi connectivity index (χ1) is 10.8. The average Bonchev–Trinajstić information content (AvgIpc) is 3.28. The summed E-state index contributed by atoms with van der Waals surface area (Å²) < 4.78 is 5.36. The lowest BCUT2D eigenvalue weighted by Gasteiger charge is -2.16. The Balaban J connectivity index is 1.63. The predicted molar refractivity (Wildman–Crippen MR) is 83.7 cm³/mol. The van der Waals surface area contributed by atoms with Gasteiger partial charge in [-0.15, -0.1) is 11.3 Å². The van der Waals surface area contributed by atoms with Crippen LogP contribution in [0, 0.1) is 0 Å². The van der Waals surface area contributed by atoms with Gasteiger partial charge in [-0.25, -0.2) is 4.98 Å². The van der Waals surface area contributed by atoms with Crippen molar-refractivity contribution in [2.24, 2.45) is 0 Å². The smallest absolute Gasteiger partial charge is 0.258 e. The number of aliphatic hydroxyl groups is 1. The zero-order valence-electron chi connectivity index (χ0n) is 11.7. The van der Waals surface area contributed by atoms with Gasteiger partial charge in [0.15, 0.2) is 0 Å². The Morgan fingerprint density at radius 2 is 2.32 bits per heavy atom. The summed E-state index contributed by atoms with van der Waals surface area (Å²) in [6, 6.07) is 7.69. The van der Waals surface area contributed by atoms with Crippen LogP contribution in [0.5, 0.6) is 0 Å². The van der Waals surface area contributed by atoms with Gasteiger partial charge in [-0.2, -0.15) is 4.98 Å². The molecule has 3 aromatic rings. The van der Waals surface area contributed by atoms with Crippen LogP contribution in [0.1, 0.15) is 6.42 Å². The van der Waals surface area contributed by atoms with E-state index in [1.54, 1.807) is 17.5 Å². The maximum Gasteiger partial charge on any atom is 0.258 e. The summed E-state index contributed by atoms with van der Waals surface area (Å²) in [4.78, 5) is 11.8. The van der Waals surface area contributed by atoms with Crippen molar-refractivity contribution in [3.05, 3.63) is 35.8 Å². The van der Waals surface area contributed by atoms with Crippen molar-refractivity contribution in [2.75, 3.05) is 18.0 Å². The molecule has 0 aromatic carbocycles. The average molecular weight is 314 g/mol. The number of rotatable bonds is 3. The Morgan fingerprint density at radius 3 is 3.09 bits per heavy atom. The van der Waals surface area contributed by atoms with Gasteiger partial charge in [0, 0.05) is 24.8 Å². The molecule has 22 heavy (non-hydrogen) atoms. The Bertz CT molecular complexity index is 771. The topological polar surface area (TPSA) is 75.3 Å². The van der Waals surface area contributed by atoms with Gasteiger partial charge in [0.25, 0.3) is 5.89 Å². The molecule has 4 rings (SSSR count). The minimum Gasteiger partial charge on any atom is -0.391 e. The van der Waals surface area contributed by atoms with E-state index in [0.29, 0.717) is 18.3 Å². The van der Waals surface area contributed by atoms with Gasteiger partial charge < -0.3 is 14.5 Å². The third kappa shape index (κ3) is 2.49. The lowest BCUT2D eigenvalue weighted by Crippen LogP contribution is -2.22. The van der Waals surface area contributed by atoms with Crippen LogP contribution >= 0.6 is 11.3 Å². The summed E-state index contributed by atoms with van der Waals surface area (Å²) in [6.45, 7) is 1.42. The Kier molecular flexibility index (Phi) is 3.36. The molecule has 1 aliphatic rings. The first-order valence-electron chi connectivity index (χ1n) is 7.06. The van der Waals surface area contributed by atoms with Crippen molar-refractivity contribution in [2.45, 2.75) is 12.5 Å². The number of β-amino-alcohol motifs (C(OH)–C–C–N with tert-alkyl or cyclic N) is 1. The quantitative estimate of drug-likeness (QED) is 0.800. The van der Waals surface area contributed by atoms with Gasteiger partial charge >= 0.3 is 0 Å². The molecular formula is C15H14N4O2S. The first-order valence-corrected chi connectivity index (χ1v) is 7.94. The number of aliphatic hydroxyl groups excluding tert-OH is 1. The maximum atomic E-state index is 9.65. The number of pyridine rings is 1. The summed E-state index contributed by atoms with van der Waals surface area (Å²) >= 11 is 1.57. The van der Waals surface area contributed by atoms with Crippen LogP contribution in [0.2, 0.25) is 0 Å². The Hall–Kier alpha value is -2.25. The van der Waals surface area contributed by atoms with E-state index in [9.17, 15) is 5.11 Å². The van der Waals surface area contributed by atoms with Gasteiger partial charge in [-0.1, -0.05) is 11.2 Å². The molecule has 3 aromatic heterocycles. The molecule has 0 radical (unpaired) electrons. The minimum atomic E-state index is -0.278. The number of hydrogen-bond acceptors (Lipinski definition) is 7. The molecule has 1 unspecified atom stereocenters. The van der Waals surface area contributed by atoms with Crippen LogP contribution in [0.25, 0.3) is 22.2 Å². The van der Waals surface area contributed by atoms with Crippen LogP contribution in [0.3, 0.4) is 0 Å². The monoisotopic (exact) mass is 314 g/mol. The summed E-state index contributed by atoms with van der Waals surface area (Å²) in [7, 11) is 0. The number of thiophene rings is 1. The summed E-state index contributed by atoms with van der Waals surface area (Å²) in [6.07, 6.45) is 2.22. The van der Waals surface area contributed by atoms with E-state index < -0.39 is 0 Å². The number of nitrogens with zero attached hydrogens (tertiary/aromatic N) is 4. The lowest BCUT2D eigenvalue weighted by molar-refractivity contribution is 0.198. The lowest BCUT2D eigenvalue weighted by atomic mass is 10.2. The van der Waals surface area contributed by atoms with E-state index in [-0.39, 0.29) is 6.10 Å². The molecule has 1 saturated heterocycles. The van der Waals surface area contributed by atoms with E-state index in [1.807, 2.05) is 29.6 Å². The van der Waals surface area contributed by atoms with Crippen LogP contribution in [0.15, 0.2) is 40.4 Å². The molecule has 0 aliphatic carbocycles. The van der Waals surface area contributed by atoms with Crippen molar-refractivity contribution in [3.63, 3.8) is 0 Å². The van der Waals surface area contributed by atoms with Crippen molar-refractivity contribution >= 4 is 17.2 Å². The van der Waals surface area contributed by atoms with Gasteiger partial charge in [-0.05, 0) is 30.0 Å². The van der Waals surface area contributed by atoms with E-state index in [2.05, 4.69) is 20.0 Å². The van der Waals surface area contributed by atoms with Gasteiger partial charge in [0.1, 0.15) is 5.82 Å². The highest BCUT2D eigenvalue weighted by atomic mass is 32.1. The summed E-state index contributed by atoms with van der Waals surface area (Å²) in [5, 5.41) is 15.7. The standard InChI is InChI=1S/C15H14N4O2S/c20-11-4-6-19(9-11)13-8-10(3-5-16-13)15-17-14(18-21-15)12-2-1-7-22-12/h1-3,5,7-8,11,20H,4,6,9H2. The number of aromatic nitrogens is 3. The SMILES string of the molecule is OC1CCN(c2cc(-c3nc(-c4cccs4)no3)ccn2)C1. The number of anilines is 1. The fraction of sp³-hybridized carbons (Fsp3) is 0.267. The molecule has 1 fully saturated rings. The molecule has 0 amide bonds. The molecular weight excluding hydrogens is 300 g/mol. The highest BCUT2D eigenvalue weighted by Gasteiger charge is 2.22. The molecule has 1 aliphatic heterocycles. The predicted octanol–water partition coefficient (Wildman–Crippen LogP) is 2.43. The second-order valence-electron chi connectivity index (χ2n) is 5.19. The molecule has 112 valence electrons. The van der Waals surface area contributed by atoms with E-state index in [1.165, 1.54) is 0 Å². The third-order valence-electron chi connectivity index (χ3n) is 3.65. The second kappa shape index (κ2) is 5.51. The molecule has 0 bridgehead atoms. The Morgan fingerprint density at radius 1 is 1.36 bits per heavy atom. The van der Waals surface area contributed by atoms with Crippen LogP contribution in [-0.2, 0) is 0 Å². The second-order valence-corrected chi connectivity index (χ2v) is 6.14. The molecule has 1 atom stereocenters. The van der Waals surface area contributed by atoms with E-state index in [4.69, 9.17) is 4.52 Å². The first kappa shape index (κ1) is 13.4. The zero-order valence-corrected chi connectivity index (χ0v) is 12.5. The van der Waals surface area contributed by atoms with E-state index in [0.717, 1.165) is 29.2 Å². The molecule has 7 heteroatoms. The normalized spacial score (nSPS) is 18.0. The van der Waals surface area contributed by atoms with Crippen molar-refractivity contribution in [1.29, 1.82) is 0 Å². The highest BCUT2D eigenvalue weighted by molar-refractivity contribution is 7.13. The third-order valence-corrected chi connectivity index (χ3v) is 4.51. The van der Waals surface area contributed by atoms with E-state index >= 15 is 0 Å². The van der Waals surface area contributed by atoms with Gasteiger partial charge in [-0.3, -0.25) is 0 Å². The highest BCUT2D eigenvalue weighted by Crippen LogP contribution is 2.27. The zero-order chi connectivity index (χ0) is 14.9. The van der Waals surface area contributed by atoms with Gasteiger partial charge in [0.05, 0.1) is 11.0 Å². The Labute approximate surface area is 131 Å². The molecule has 0 saturated carbocycles. The minimum absolute atomic E-state index is 0.278. The van der Waals surface area contributed by atoms with Gasteiger partial charge in [0.2, 0.25) is 5.82 Å². The summed E-state index contributed by atoms with van der Waals surface area (Å²) in [5.74, 6) is 1.90. The fourth-order valence-corrected chi connectivity index (χ4v) is 3.17. The van der Waals surface area contributed by atoms with Crippen LogP contribution in [0.4, 0.5) is 5.82 Å². The molecule has 0 spiro atoms. The summed E-state index contributed by atoms with van der Waals surface area (Å²) in [5.41, 5.74) is 0.835. The maximum absolute atomic E-state index is 9.65. The molecule has 4 heterocycles. The van der Waals surface area contributed by atoms with Crippen molar-refractivity contribution in [3.8, 4) is 22.2 Å². The number of hydrogen-bond donors (Lipinski definition) is 1. The van der Waals surface area contributed by atoms with Crippen molar-refractivity contribution in [1.82, 2.24) is 15.1 Å². The van der Waals surface area contributed by atoms with Crippen LogP contribution < -0.4 is 4.90 Å². The molecule has 6 nitrogen and oxygen atoms in total. The fourth-order valence-electron chi connectivity index (χ4n) is 2.52. The van der Waals surface area contributed by atoms with Crippen molar-refractivity contribution < 1.29 is 9.63 Å². The molecule has 1 N–H and O–H groups in total. The van der Waals surface area contributed by atoms with Crippen LogP contribution in [-0.4, -0.2) is 39.4 Å². The largest absolute Gasteiger partial charge is 0.391 e.